The van der Waals surface area contributed by atoms with E-state index in [9.17, 15) is 22.8 Å². The van der Waals surface area contributed by atoms with E-state index in [1.165, 1.54) is 23.4 Å². The van der Waals surface area contributed by atoms with E-state index in [1.54, 1.807) is 6.92 Å². The first kappa shape index (κ1) is 26.0. The molecule has 1 aliphatic rings. The van der Waals surface area contributed by atoms with E-state index in [0.29, 0.717) is 30.7 Å². The normalized spacial score (nSPS) is 17.5. The fraction of sp³-hybridized carbons (Fsp3) is 0.478. The molecular weight excluding hydrogens is 469 g/mol. The van der Waals surface area contributed by atoms with Crippen molar-refractivity contribution in [3.63, 3.8) is 0 Å². The highest BCUT2D eigenvalue weighted by molar-refractivity contribution is 5.90. The van der Waals surface area contributed by atoms with E-state index < -0.39 is 29.8 Å². The van der Waals surface area contributed by atoms with Gasteiger partial charge in [-0.3, -0.25) is 9.69 Å². The van der Waals surface area contributed by atoms with Gasteiger partial charge in [-0.1, -0.05) is 6.92 Å². The van der Waals surface area contributed by atoms with Crippen molar-refractivity contribution in [2.45, 2.75) is 57.8 Å². The average Bonchev–Trinajstić information content (AvgIpc) is 2.81. The Morgan fingerprint density at radius 1 is 1.23 bits per heavy atom. The highest BCUT2D eigenvalue weighted by Crippen LogP contribution is 2.43. The Morgan fingerprint density at radius 3 is 2.54 bits per heavy atom. The molecule has 190 valence electrons. The van der Waals surface area contributed by atoms with Gasteiger partial charge in [0.25, 0.3) is 0 Å². The van der Waals surface area contributed by atoms with Gasteiger partial charge in [0.2, 0.25) is 5.95 Å². The van der Waals surface area contributed by atoms with Crippen LogP contribution in [0.2, 0.25) is 0 Å². The first-order valence-electron chi connectivity index (χ1n) is 11.2. The Morgan fingerprint density at radius 2 is 1.94 bits per heavy atom. The van der Waals surface area contributed by atoms with Gasteiger partial charge in [0, 0.05) is 12.5 Å². The first-order valence-corrected chi connectivity index (χ1v) is 11.2. The number of fused-ring (bicyclic) bond motifs is 1. The molecule has 2 N–H and O–H groups in total. The first-order chi connectivity index (χ1) is 16.6. The minimum atomic E-state index is -4.55. The molecule has 1 aromatic carbocycles. The molecule has 1 amide bonds. The number of carboxylic acids is 1. The number of nitrogens with zero attached hydrogens (tertiary/aromatic N) is 3. The molecule has 2 atom stereocenters. The van der Waals surface area contributed by atoms with Gasteiger partial charge in [0.05, 0.1) is 42.9 Å². The molecular formula is C23H27F3N4O5. The molecule has 2 heterocycles. The number of carbonyl (C=O) groups is 2. The van der Waals surface area contributed by atoms with Crippen LogP contribution in [0.4, 0.5) is 29.6 Å². The lowest BCUT2D eigenvalue weighted by atomic mass is 9.89. The van der Waals surface area contributed by atoms with Crippen LogP contribution in [0.25, 0.3) is 0 Å². The number of aromatic nitrogens is 2. The molecule has 3 rings (SSSR count). The fourth-order valence-corrected chi connectivity index (χ4v) is 3.89. The Hall–Kier alpha value is -3.57. The summed E-state index contributed by atoms with van der Waals surface area (Å²) >= 11 is 0. The van der Waals surface area contributed by atoms with Crippen LogP contribution in [0, 0.1) is 0 Å². The molecule has 0 aliphatic carbocycles. The van der Waals surface area contributed by atoms with Crippen LogP contribution < -0.4 is 15.0 Å². The number of ether oxygens (including phenoxy) is 2. The standard InChI is InChI=1S/C23H27F3N4O5/c1-3-15-11-18(29-21-27-12-16(13-28-21)35-9-5-6-20(31)32)17-10-14(23(24,25)26)7-8-19(17)30(15)22(33)34-4-2/h7-8,10,12-13,15,18H,3-6,9,11H2,1-2H3,(H,31,32)(H,27,28,29). The average molecular weight is 496 g/mol. The largest absolute Gasteiger partial charge is 0.490 e. The number of amides is 1. The van der Waals surface area contributed by atoms with Gasteiger partial charge in [-0.2, -0.15) is 13.2 Å². The van der Waals surface area contributed by atoms with E-state index in [4.69, 9.17) is 14.6 Å². The van der Waals surface area contributed by atoms with E-state index in [0.717, 1.165) is 12.1 Å². The zero-order valence-electron chi connectivity index (χ0n) is 19.3. The monoisotopic (exact) mass is 496 g/mol. The quantitative estimate of drug-likeness (QED) is 0.465. The Balaban J connectivity index is 1.85. The second-order valence-electron chi connectivity index (χ2n) is 7.92. The summed E-state index contributed by atoms with van der Waals surface area (Å²) in [5.41, 5.74) is -0.201. The van der Waals surface area contributed by atoms with Crippen LogP contribution in [-0.2, 0) is 15.7 Å². The zero-order chi connectivity index (χ0) is 25.6. The smallest absolute Gasteiger partial charge is 0.416 e. The van der Waals surface area contributed by atoms with Gasteiger partial charge in [-0.15, -0.1) is 0 Å². The van der Waals surface area contributed by atoms with Crippen LogP contribution in [0.3, 0.4) is 0 Å². The van der Waals surface area contributed by atoms with Crippen LogP contribution >= 0.6 is 0 Å². The van der Waals surface area contributed by atoms with Crippen molar-refractivity contribution in [2.24, 2.45) is 0 Å². The molecule has 2 unspecified atom stereocenters. The van der Waals surface area contributed by atoms with Gasteiger partial charge in [-0.25, -0.2) is 14.8 Å². The van der Waals surface area contributed by atoms with Crippen molar-refractivity contribution in [3.05, 3.63) is 41.7 Å². The molecule has 1 aromatic heterocycles. The number of benzene rings is 1. The van der Waals surface area contributed by atoms with E-state index in [-0.39, 0.29) is 37.2 Å². The second kappa shape index (κ2) is 11.2. The number of rotatable bonds is 9. The number of hydrogen-bond acceptors (Lipinski definition) is 7. The van der Waals surface area contributed by atoms with Crippen LogP contribution in [0.1, 0.15) is 56.7 Å². The zero-order valence-corrected chi connectivity index (χ0v) is 19.3. The highest BCUT2D eigenvalue weighted by atomic mass is 19.4. The number of carbonyl (C=O) groups excluding carboxylic acids is 1. The third-order valence-electron chi connectivity index (χ3n) is 5.53. The summed E-state index contributed by atoms with van der Waals surface area (Å²) in [5, 5.41) is 11.7. The number of nitrogens with one attached hydrogen (secondary N) is 1. The minimum absolute atomic E-state index is 0.0249. The van der Waals surface area contributed by atoms with Gasteiger partial charge in [0.1, 0.15) is 0 Å². The molecule has 12 heteroatoms. The van der Waals surface area contributed by atoms with Crippen molar-refractivity contribution in [1.82, 2.24) is 9.97 Å². The molecule has 0 saturated carbocycles. The summed E-state index contributed by atoms with van der Waals surface area (Å²) in [6, 6.07) is 2.37. The molecule has 0 fully saturated rings. The van der Waals surface area contributed by atoms with Crippen LogP contribution in [0.15, 0.2) is 30.6 Å². The van der Waals surface area contributed by atoms with Crippen molar-refractivity contribution < 1.29 is 37.3 Å². The number of carboxylic acid groups (broad SMARTS) is 1. The second-order valence-corrected chi connectivity index (χ2v) is 7.92. The molecule has 2 aromatic rings. The van der Waals surface area contributed by atoms with Gasteiger partial charge >= 0.3 is 18.2 Å². The number of halogens is 3. The predicted molar refractivity (Wildman–Crippen MR) is 120 cm³/mol. The lowest BCUT2D eigenvalue weighted by Gasteiger charge is -2.40. The minimum Gasteiger partial charge on any atom is -0.490 e. The summed E-state index contributed by atoms with van der Waals surface area (Å²) in [4.78, 5) is 33.0. The van der Waals surface area contributed by atoms with Crippen molar-refractivity contribution in [2.75, 3.05) is 23.4 Å². The van der Waals surface area contributed by atoms with Crippen molar-refractivity contribution >= 4 is 23.7 Å². The molecule has 0 bridgehead atoms. The molecule has 0 radical (unpaired) electrons. The molecule has 1 aliphatic heterocycles. The summed E-state index contributed by atoms with van der Waals surface area (Å²) in [6.45, 7) is 3.87. The van der Waals surface area contributed by atoms with E-state index in [1.807, 2.05) is 6.92 Å². The van der Waals surface area contributed by atoms with Crippen LogP contribution in [0.5, 0.6) is 5.75 Å². The van der Waals surface area contributed by atoms with E-state index in [2.05, 4.69) is 15.3 Å². The number of anilines is 2. The Bertz CT molecular complexity index is 1030. The SMILES string of the molecule is CCOC(=O)N1c2ccc(C(F)(F)F)cc2C(Nc2ncc(OCCCC(=O)O)cn2)CC1CC. The Labute approximate surface area is 200 Å². The lowest BCUT2D eigenvalue weighted by Crippen LogP contribution is -2.46. The van der Waals surface area contributed by atoms with Gasteiger partial charge in [0.15, 0.2) is 5.75 Å². The number of hydrogen-bond donors (Lipinski definition) is 2. The third kappa shape index (κ3) is 6.52. The molecule has 0 saturated heterocycles. The maximum atomic E-state index is 13.5. The summed E-state index contributed by atoms with van der Waals surface area (Å²) in [5.74, 6) is -0.405. The maximum absolute atomic E-state index is 13.5. The number of alkyl halides is 3. The predicted octanol–water partition coefficient (Wildman–Crippen LogP) is 5.04. The molecule has 35 heavy (non-hydrogen) atoms. The molecule has 9 nitrogen and oxygen atoms in total. The number of aliphatic carboxylic acids is 1. The molecule has 0 spiro atoms. The topological polar surface area (TPSA) is 114 Å². The summed E-state index contributed by atoms with van der Waals surface area (Å²) in [6.07, 6.45) is -1.19. The van der Waals surface area contributed by atoms with Crippen molar-refractivity contribution in [3.8, 4) is 5.75 Å². The summed E-state index contributed by atoms with van der Waals surface area (Å²) in [7, 11) is 0. The maximum Gasteiger partial charge on any atom is 0.416 e. The Kier molecular flexibility index (Phi) is 8.36. The lowest BCUT2D eigenvalue weighted by molar-refractivity contribution is -0.138. The van der Waals surface area contributed by atoms with Crippen LogP contribution in [-0.4, -0.2) is 46.4 Å². The fourth-order valence-electron chi connectivity index (χ4n) is 3.89. The van der Waals surface area contributed by atoms with Crippen molar-refractivity contribution in [1.29, 1.82) is 0 Å². The van der Waals surface area contributed by atoms with Gasteiger partial charge < -0.3 is 19.9 Å². The summed E-state index contributed by atoms with van der Waals surface area (Å²) < 4.78 is 50.9. The van der Waals surface area contributed by atoms with E-state index >= 15 is 0 Å². The highest BCUT2D eigenvalue weighted by Gasteiger charge is 2.39. The third-order valence-corrected chi connectivity index (χ3v) is 5.53. The van der Waals surface area contributed by atoms with Gasteiger partial charge in [-0.05, 0) is 49.9 Å².